The Morgan fingerprint density at radius 2 is 1.54 bits per heavy atom. The third kappa shape index (κ3) is 11.5. The molecule has 1 saturated heterocycles. The Morgan fingerprint density at radius 3 is 2.18 bits per heavy atom. The highest BCUT2D eigenvalue weighted by atomic mass is 16.2. The molecule has 1 aliphatic rings. The smallest absolute Gasteiger partial charge is 0.243 e. The molecule has 0 aromatic heterocycles. The van der Waals surface area contributed by atoms with E-state index < -0.39 is 30.3 Å². The number of amides is 6. The average molecular weight is 544 g/mol. The van der Waals surface area contributed by atoms with Gasteiger partial charge in [-0.25, -0.2) is 0 Å². The first kappa shape index (κ1) is 31.1. The first-order chi connectivity index (χ1) is 18.6. The molecule has 39 heavy (non-hydrogen) atoms. The molecule has 0 aliphatic carbocycles. The lowest BCUT2D eigenvalue weighted by molar-refractivity contribution is -0.139. The summed E-state index contributed by atoms with van der Waals surface area (Å²) >= 11 is 0. The van der Waals surface area contributed by atoms with E-state index in [0.29, 0.717) is 25.8 Å². The van der Waals surface area contributed by atoms with Gasteiger partial charge in [-0.1, -0.05) is 43.7 Å². The van der Waals surface area contributed by atoms with Gasteiger partial charge in [0.05, 0.1) is 19.6 Å². The molecule has 1 aliphatic heterocycles. The molecular formula is C27H37N5O7. The molecule has 1 fully saturated rings. The summed E-state index contributed by atoms with van der Waals surface area (Å²) in [5.74, 6) is -2.83. The van der Waals surface area contributed by atoms with Gasteiger partial charge in [-0.15, -0.1) is 0 Å². The van der Waals surface area contributed by atoms with E-state index in [1.807, 2.05) is 6.07 Å². The first-order valence-corrected chi connectivity index (χ1v) is 13.0. The number of unbranched alkanes of at least 4 members (excludes halogenated alkanes) is 2. The van der Waals surface area contributed by atoms with Gasteiger partial charge in [0.2, 0.25) is 35.4 Å². The van der Waals surface area contributed by atoms with E-state index in [1.54, 1.807) is 31.2 Å². The van der Waals surface area contributed by atoms with E-state index in [9.17, 15) is 33.6 Å². The maximum Gasteiger partial charge on any atom is 0.243 e. The van der Waals surface area contributed by atoms with Gasteiger partial charge in [0, 0.05) is 31.7 Å². The number of rotatable bonds is 16. The van der Waals surface area contributed by atoms with Crippen molar-refractivity contribution in [3.8, 4) is 0 Å². The van der Waals surface area contributed by atoms with Gasteiger partial charge < -0.3 is 21.3 Å². The van der Waals surface area contributed by atoms with Crippen molar-refractivity contribution in [1.82, 2.24) is 26.2 Å². The standard InChI is InChI=1S/C27H37N5O7/c1-18-13-25(37)32(27(18)39)12-8-4-7-11-22(34)28-16-23(35)29-17-24(36)31-21(26(38)30-15-19(2)33)14-20-9-5-3-6-10-20/h3,5-6,9-10,18,21H,4,7-8,11-17H2,1-2H3,(H,28,34)(H,29,35)(H,30,38)(H,31,36)/t18?,21-/m0/s1. The van der Waals surface area contributed by atoms with Gasteiger partial charge in [-0.2, -0.15) is 0 Å². The topological polar surface area (TPSA) is 171 Å². The van der Waals surface area contributed by atoms with Crippen molar-refractivity contribution in [2.75, 3.05) is 26.2 Å². The number of carbonyl (C=O) groups excluding carboxylic acids is 7. The molecule has 1 aromatic carbocycles. The molecule has 6 amide bonds. The van der Waals surface area contributed by atoms with Crippen molar-refractivity contribution in [2.24, 2.45) is 5.92 Å². The number of hydrogen-bond donors (Lipinski definition) is 4. The van der Waals surface area contributed by atoms with E-state index in [4.69, 9.17) is 0 Å². The maximum absolute atomic E-state index is 12.5. The van der Waals surface area contributed by atoms with Crippen molar-refractivity contribution in [3.05, 3.63) is 35.9 Å². The monoisotopic (exact) mass is 543 g/mol. The minimum atomic E-state index is -0.944. The van der Waals surface area contributed by atoms with E-state index in [-0.39, 0.29) is 61.8 Å². The number of likely N-dealkylation sites (tertiary alicyclic amines) is 1. The molecule has 1 heterocycles. The van der Waals surface area contributed by atoms with Gasteiger partial charge in [-0.05, 0) is 25.3 Å². The summed E-state index contributed by atoms with van der Waals surface area (Å²) in [6.45, 7) is 2.54. The maximum atomic E-state index is 12.5. The van der Waals surface area contributed by atoms with E-state index in [2.05, 4.69) is 21.3 Å². The average Bonchev–Trinajstić information content (AvgIpc) is 3.14. The lowest BCUT2D eigenvalue weighted by atomic mass is 10.1. The highest BCUT2D eigenvalue weighted by Crippen LogP contribution is 2.19. The van der Waals surface area contributed by atoms with Crippen LogP contribution in [0, 0.1) is 5.92 Å². The second kappa shape index (κ2) is 16.0. The van der Waals surface area contributed by atoms with Crippen LogP contribution in [0.15, 0.2) is 30.3 Å². The summed E-state index contributed by atoms with van der Waals surface area (Å²) in [4.78, 5) is 85.1. The Kier molecular flexibility index (Phi) is 12.8. The Labute approximate surface area is 227 Å². The van der Waals surface area contributed by atoms with Crippen LogP contribution >= 0.6 is 0 Å². The highest BCUT2D eigenvalue weighted by Gasteiger charge is 2.34. The van der Waals surface area contributed by atoms with E-state index in [0.717, 1.165) is 5.56 Å². The molecule has 0 spiro atoms. The summed E-state index contributed by atoms with van der Waals surface area (Å²) in [7, 11) is 0. The Hall–Kier alpha value is -4.09. The van der Waals surface area contributed by atoms with Crippen LogP contribution in [0.4, 0.5) is 0 Å². The number of benzene rings is 1. The fraction of sp³-hybridized carbons (Fsp3) is 0.519. The van der Waals surface area contributed by atoms with Crippen LogP contribution in [-0.2, 0) is 40.0 Å². The van der Waals surface area contributed by atoms with Crippen molar-refractivity contribution in [2.45, 2.75) is 58.4 Å². The fourth-order valence-corrected chi connectivity index (χ4v) is 3.96. The first-order valence-electron chi connectivity index (χ1n) is 13.0. The number of imide groups is 1. The van der Waals surface area contributed by atoms with Gasteiger partial charge >= 0.3 is 0 Å². The molecule has 2 rings (SSSR count). The number of carbonyl (C=O) groups is 7. The third-order valence-electron chi connectivity index (χ3n) is 6.09. The summed E-state index contributed by atoms with van der Waals surface area (Å²) in [5.41, 5.74) is 0.806. The third-order valence-corrected chi connectivity index (χ3v) is 6.09. The van der Waals surface area contributed by atoms with Crippen molar-refractivity contribution < 1.29 is 33.6 Å². The lowest BCUT2D eigenvalue weighted by Crippen LogP contribution is -2.51. The fourth-order valence-electron chi connectivity index (χ4n) is 3.96. The number of ketones is 1. The molecular weight excluding hydrogens is 506 g/mol. The van der Waals surface area contributed by atoms with Crippen molar-refractivity contribution >= 4 is 41.2 Å². The zero-order valence-corrected chi connectivity index (χ0v) is 22.4. The largest absolute Gasteiger partial charge is 0.347 e. The number of Topliss-reactive ketones (excluding diaryl/α,β-unsaturated/α-hetero) is 1. The minimum Gasteiger partial charge on any atom is -0.347 e. The predicted octanol–water partition coefficient (Wildman–Crippen LogP) is -0.393. The molecule has 1 unspecified atom stereocenters. The van der Waals surface area contributed by atoms with E-state index >= 15 is 0 Å². The molecule has 1 aromatic rings. The second-order valence-corrected chi connectivity index (χ2v) is 9.58. The van der Waals surface area contributed by atoms with Crippen LogP contribution in [0.5, 0.6) is 0 Å². The zero-order valence-electron chi connectivity index (χ0n) is 22.4. The zero-order chi connectivity index (χ0) is 28.8. The SMILES string of the molecule is CC(=O)CNC(=O)[C@H](Cc1ccccc1)NC(=O)CNC(=O)CNC(=O)CCCCCN1C(=O)CC(C)C1=O. The number of hydrogen-bond acceptors (Lipinski definition) is 7. The molecule has 212 valence electrons. The molecule has 4 N–H and O–H groups in total. The normalized spacial score (nSPS) is 15.4. The minimum absolute atomic E-state index is 0.152. The summed E-state index contributed by atoms with van der Waals surface area (Å²) in [5, 5.41) is 9.92. The van der Waals surface area contributed by atoms with Crippen LogP contribution in [0.3, 0.4) is 0 Å². The molecule has 0 radical (unpaired) electrons. The van der Waals surface area contributed by atoms with Crippen LogP contribution in [0.25, 0.3) is 0 Å². The molecule has 2 atom stereocenters. The van der Waals surface area contributed by atoms with E-state index in [1.165, 1.54) is 11.8 Å². The highest BCUT2D eigenvalue weighted by molar-refractivity contribution is 6.03. The van der Waals surface area contributed by atoms with Crippen LogP contribution in [0.2, 0.25) is 0 Å². The lowest BCUT2D eigenvalue weighted by Gasteiger charge is -2.18. The number of nitrogens with one attached hydrogen (secondary N) is 4. The Bertz CT molecular complexity index is 1060. The predicted molar refractivity (Wildman–Crippen MR) is 141 cm³/mol. The van der Waals surface area contributed by atoms with Gasteiger partial charge in [0.15, 0.2) is 0 Å². The van der Waals surface area contributed by atoms with Crippen LogP contribution in [-0.4, -0.2) is 78.3 Å². The van der Waals surface area contributed by atoms with Crippen LogP contribution in [0.1, 0.15) is 51.5 Å². The second-order valence-electron chi connectivity index (χ2n) is 9.58. The summed E-state index contributed by atoms with van der Waals surface area (Å²) in [6, 6.07) is 8.09. The quantitative estimate of drug-likeness (QED) is 0.162. The summed E-state index contributed by atoms with van der Waals surface area (Å²) in [6.07, 6.45) is 2.42. The number of nitrogens with zero attached hydrogens (tertiary/aromatic N) is 1. The summed E-state index contributed by atoms with van der Waals surface area (Å²) < 4.78 is 0. The van der Waals surface area contributed by atoms with Crippen LogP contribution < -0.4 is 21.3 Å². The Morgan fingerprint density at radius 1 is 0.872 bits per heavy atom. The van der Waals surface area contributed by atoms with Gasteiger partial charge in [0.25, 0.3) is 0 Å². The Balaban J connectivity index is 1.65. The molecule has 0 bridgehead atoms. The van der Waals surface area contributed by atoms with Crippen molar-refractivity contribution in [3.63, 3.8) is 0 Å². The molecule has 0 saturated carbocycles. The van der Waals surface area contributed by atoms with Crippen molar-refractivity contribution in [1.29, 1.82) is 0 Å². The molecule has 12 nitrogen and oxygen atoms in total. The molecule has 12 heteroatoms. The van der Waals surface area contributed by atoms with Gasteiger partial charge in [-0.3, -0.25) is 38.5 Å². The van der Waals surface area contributed by atoms with Gasteiger partial charge in [0.1, 0.15) is 11.8 Å².